The summed E-state index contributed by atoms with van der Waals surface area (Å²) in [6, 6.07) is 8.00. The van der Waals surface area contributed by atoms with Crippen molar-refractivity contribution < 1.29 is 14.3 Å². The van der Waals surface area contributed by atoms with Crippen LogP contribution in [0.15, 0.2) is 35.5 Å². The summed E-state index contributed by atoms with van der Waals surface area (Å²) in [6.07, 6.45) is 5.14. The molecule has 0 radical (unpaired) electrons. The lowest BCUT2D eigenvalue weighted by molar-refractivity contribution is -0.145. The molecule has 2 bridgehead atoms. The first kappa shape index (κ1) is 14.6. The lowest BCUT2D eigenvalue weighted by Gasteiger charge is -2.45. The molecule has 0 amide bonds. The predicted molar refractivity (Wildman–Crippen MR) is 87.0 cm³/mol. The van der Waals surface area contributed by atoms with E-state index in [2.05, 4.69) is 11.4 Å². The summed E-state index contributed by atoms with van der Waals surface area (Å²) in [7, 11) is 0. The highest BCUT2D eigenvalue weighted by Gasteiger charge is 2.45. The lowest BCUT2D eigenvalue weighted by Crippen LogP contribution is -2.54. The van der Waals surface area contributed by atoms with E-state index in [1.165, 1.54) is 0 Å². The largest absolute Gasteiger partial charge is 0.468 e. The van der Waals surface area contributed by atoms with Gasteiger partial charge in [-0.15, -0.1) is 0 Å². The summed E-state index contributed by atoms with van der Waals surface area (Å²) in [6.45, 7) is 3.99. The maximum absolute atomic E-state index is 12.8. The number of fused-ring (bicyclic) bond motifs is 4. The normalized spacial score (nSPS) is 29.6. The van der Waals surface area contributed by atoms with Gasteiger partial charge in [-0.05, 0) is 45.6 Å². The van der Waals surface area contributed by atoms with Crippen LogP contribution < -0.4 is 10.1 Å². The second-order valence-corrected chi connectivity index (χ2v) is 7.10. The van der Waals surface area contributed by atoms with Crippen molar-refractivity contribution in [3.8, 4) is 5.75 Å². The van der Waals surface area contributed by atoms with E-state index in [9.17, 15) is 4.79 Å². The van der Waals surface area contributed by atoms with Crippen molar-refractivity contribution in [3.63, 3.8) is 0 Å². The van der Waals surface area contributed by atoms with Crippen LogP contribution in [0, 0.1) is 0 Å². The number of carbonyl (C=O) groups is 1. The highest BCUT2D eigenvalue weighted by molar-refractivity contribution is 5.92. The maximum atomic E-state index is 12.8. The molecule has 2 atom stereocenters. The van der Waals surface area contributed by atoms with Crippen LogP contribution in [0.25, 0.3) is 0 Å². The Bertz CT molecular complexity index is 675. The smallest absolute Gasteiger partial charge is 0.336 e. The third-order valence-electron chi connectivity index (χ3n) is 5.22. The van der Waals surface area contributed by atoms with Gasteiger partial charge in [0.2, 0.25) is 0 Å². The second-order valence-electron chi connectivity index (χ2n) is 7.10. The molecular weight excluding hydrogens is 290 g/mol. The van der Waals surface area contributed by atoms with Crippen LogP contribution in [-0.4, -0.2) is 17.8 Å². The third kappa shape index (κ3) is 2.50. The van der Waals surface area contributed by atoms with E-state index >= 15 is 0 Å². The standard InChI is InChI=1S/C19H23NO3/c1-12-17(18(21)22-13-7-3-4-8-13)15-11-19(2,20-12)23-16-10-6-5-9-14(15)16/h5-6,9-10,13,15,20H,3-4,7-8,11H2,1-2H3/t15-,19-/m0/s1. The summed E-state index contributed by atoms with van der Waals surface area (Å²) >= 11 is 0. The zero-order chi connectivity index (χ0) is 16.0. The Labute approximate surface area is 136 Å². The number of ether oxygens (including phenoxy) is 2. The van der Waals surface area contributed by atoms with Gasteiger partial charge in [0.05, 0.1) is 5.57 Å². The summed E-state index contributed by atoms with van der Waals surface area (Å²) < 4.78 is 11.9. The molecule has 1 aromatic carbocycles. The monoisotopic (exact) mass is 313 g/mol. The number of hydrogen-bond acceptors (Lipinski definition) is 4. The van der Waals surface area contributed by atoms with Crippen LogP contribution in [-0.2, 0) is 9.53 Å². The van der Waals surface area contributed by atoms with E-state index in [1.807, 2.05) is 32.0 Å². The van der Waals surface area contributed by atoms with Gasteiger partial charge in [-0.1, -0.05) is 18.2 Å². The average Bonchev–Trinajstić information content (AvgIpc) is 2.99. The zero-order valence-electron chi connectivity index (χ0n) is 13.7. The van der Waals surface area contributed by atoms with Gasteiger partial charge in [0.25, 0.3) is 0 Å². The van der Waals surface area contributed by atoms with Crippen LogP contribution in [0.1, 0.15) is 57.4 Å². The quantitative estimate of drug-likeness (QED) is 0.847. The summed E-state index contributed by atoms with van der Waals surface area (Å²) in [4.78, 5) is 12.8. The molecule has 2 heterocycles. The average molecular weight is 313 g/mol. The lowest BCUT2D eigenvalue weighted by atomic mass is 9.78. The van der Waals surface area contributed by atoms with E-state index in [-0.39, 0.29) is 18.0 Å². The van der Waals surface area contributed by atoms with Crippen molar-refractivity contribution >= 4 is 5.97 Å². The fourth-order valence-corrected chi connectivity index (χ4v) is 4.22. The van der Waals surface area contributed by atoms with Gasteiger partial charge in [0.15, 0.2) is 5.72 Å². The molecule has 1 aromatic rings. The summed E-state index contributed by atoms with van der Waals surface area (Å²) in [5.41, 5.74) is 2.27. The Morgan fingerprint density at radius 2 is 2.04 bits per heavy atom. The summed E-state index contributed by atoms with van der Waals surface area (Å²) in [5.74, 6) is 0.739. The molecule has 0 spiro atoms. The van der Waals surface area contributed by atoms with E-state index in [1.54, 1.807) is 0 Å². The fraction of sp³-hybridized carbons (Fsp3) is 0.526. The SMILES string of the molecule is CC1=C(C(=O)OC2CCCC2)[C@H]2C[C@@](C)(N1)Oc1ccccc12. The van der Waals surface area contributed by atoms with Crippen LogP contribution in [0.2, 0.25) is 0 Å². The Morgan fingerprint density at radius 3 is 2.83 bits per heavy atom. The molecule has 122 valence electrons. The molecule has 4 nitrogen and oxygen atoms in total. The molecule has 0 unspecified atom stereocenters. The van der Waals surface area contributed by atoms with E-state index in [4.69, 9.17) is 9.47 Å². The number of allylic oxidation sites excluding steroid dienone is 1. The molecule has 0 saturated heterocycles. The molecule has 1 fully saturated rings. The molecule has 3 aliphatic rings. The number of carbonyl (C=O) groups excluding carboxylic acids is 1. The minimum absolute atomic E-state index is 0.0418. The van der Waals surface area contributed by atoms with Crippen LogP contribution in [0.3, 0.4) is 0 Å². The number of nitrogens with one attached hydrogen (secondary N) is 1. The molecule has 1 saturated carbocycles. The van der Waals surface area contributed by atoms with Gasteiger partial charge in [0.1, 0.15) is 11.9 Å². The van der Waals surface area contributed by atoms with E-state index < -0.39 is 5.72 Å². The Balaban J connectivity index is 1.69. The minimum Gasteiger partial charge on any atom is -0.468 e. The first-order valence-corrected chi connectivity index (χ1v) is 8.54. The number of benzene rings is 1. The van der Waals surface area contributed by atoms with E-state index in [0.717, 1.165) is 54.7 Å². The minimum atomic E-state index is -0.458. The van der Waals surface area contributed by atoms with Crippen molar-refractivity contribution in [1.29, 1.82) is 0 Å². The Hall–Kier alpha value is -1.97. The molecule has 4 rings (SSSR count). The highest BCUT2D eigenvalue weighted by Crippen LogP contribution is 2.47. The van der Waals surface area contributed by atoms with Gasteiger partial charge in [-0.3, -0.25) is 0 Å². The van der Waals surface area contributed by atoms with Gasteiger partial charge in [0, 0.05) is 23.6 Å². The van der Waals surface area contributed by atoms with Gasteiger partial charge < -0.3 is 14.8 Å². The number of rotatable bonds is 2. The molecule has 1 aliphatic carbocycles. The Morgan fingerprint density at radius 1 is 1.30 bits per heavy atom. The fourth-order valence-electron chi connectivity index (χ4n) is 4.22. The van der Waals surface area contributed by atoms with Gasteiger partial charge in [-0.2, -0.15) is 0 Å². The highest BCUT2D eigenvalue weighted by atomic mass is 16.5. The van der Waals surface area contributed by atoms with Crippen LogP contribution >= 0.6 is 0 Å². The molecule has 0 aromatic heterocycles. The van der Waals surface area contributed by atoms with Crippen LogP contribution in [0.4, 0.5) is 0 Å². The second kappa shape index (κ2) is 5.29. The van der Waals surface area contributed by atoms with Crippen molar-refractivity contribution in [1.82, 2.24) is 5.32 Å². The van der Waals surface area contributed by atoms with Gasteiger partial charge in [-0.25, -0.2) is 4.79 Å². The van der Waals surface area contributed by atoms with Crippen molar-refractivity contribution in [2.45, 2.75) is 63.7 Å². The number of hydrogen-bond donors (Lipinski definition) is 1. The molecular formula is C19H23NO3. The first-order chi connectivity index (χ1) is 11.1. The molecule has 1 N–H and O–H groups in total. The predicted octanol–water partition coefficient (Wildman–Crippen LogP) is 3.63. The molecule has 23 heavy (non-hydrogen) atoms. The first-order valence-electron chi connectivity index (χ1n) is 8.54. The summed E-state index contributed by atoms with van der Waals surface area (Å²) in [5, 5.41) is 3.38. The van der Waals surface area contributed by atoms with Crippen molar-refractivity contribution in [2.24, 2.45) is 0 Å². The van der Waals surface area contributed by atoms with Crippen LogP contribution in [0.5, 0.6) is 5.75 Å². The Kier molecular flexibility index (Phi) is 3.36. The molecule has 4 heteroatoms. The topological polar surface area (TPSA) is 47.6 Å². The number of esters is 1. The third-order valence-corrected chi connectivity index (χ3v) is 5.22. The van der Waals surface area contributed by atoms with Crippen molar-refractivity contribution in [3.05, 3.63) is 41.1 Å². The molecule has 2 aliphatic heterocycles. The van der Waals surface area contributed by atoms with Gasteiger partial charge >= 0.3 is 5.97 Å². The van der Waals surface area contributed by atoms with Crippen molar-refractivity contribution in [2.75, 3.05) is 0 Å². The zero-order valence-corrected chi connectivity index (χ0v) is 13.7. The number of para-hydroxylation sites is 1. The maximum Gasteiger partial charge on any atom is 0.336 e. The van der Waals surface area contributed by atoms with E-state index in [0.29, 0.717) is 0 Å².